The highest BCUT2D eigenvalue weighted by Crippen LogP contribution is 2.27. The van der Waals surface area contributed by atoms with Crippen LogP contribution in [0.1, 0.15) is 61.2 Å². The Morgan fingerprint density at radius 1 is 0.750 bits per heavy atom. The van der Waals surface area contributed by atoms with E-state index >= 15 is 0 Å². The normalized spacial score (nSPS) is 11.7. The maximum atomic E-state index is 13.0. The molecule has 0 radical (unpaired) electrons. The number of hydrogen-bond acceptors (Lipinski definition) is 7. The number of carbonyl (C=O) groups is 4. The van der Waals surface area contributed by atoms with E-state index in [0.29, 0.717) is 13.0 Å². The van der Waals surface area contributed by atoms with Crippen LogP contribution in [-0.2, 0) is 4.12 Å². The Balaban J connectivity index is 2.08. The summed E-state index contributed by atoms with van der Waals surface area (Å²) in [7, 11) is -1.78. The molecule has 0 bridgehead atoms. The minimum absolute atomic E-state index is 0.0235. The van der Waals surface area contributed by atoms with Crippen molar-refractivity contribution in [1.82, 2.24) is 10.6 Å². The standard InChI is InChI=1S/C28H40N2O8Si2/c1-19(31)24-17-20(9-11-22(24)27(33)34)37-21-10-12-23(28(35)36)25(18-21)26(32)30-14-8-16-40(5,6)38-39(3,4)15-7-13-29-2/h9-12,17-18,29H,7-8,13-16H2,1-6H3,(H,30,32)(H,33,34)(H,35,36). The van der Waals surface area contributed by atoms with Crippen LogP contribution in [0.25, 0.3) is 0 Å². The third-order valence-corrected chi connectivity index (χ3v) is 13.8. The van der Waals surface area contributed by atoms with Gasteiger partial charge in [-0.25, -0.2) is 9.59 Å². The lowest BCUT2D eigenvalue weighted by Crippen LogP contribution is -2.44. The van der Waals surface area contributed by atoms with Crippen LogP contribution in [0.15, 0.2) is 36.4 Å². The number of Topliss-reactive ketones (excluding diaryl/α,β-unsaturated/α-hetero) is 1. The van der Waals surface area contributed by atoms with Gasteiger partial charge >= 0.3 is 11.9 Å². The predicted octanol–water partition coefficient (Wildman–Crippen LogP) is 5.23. The Labute approximate surface area is 237 Å². The number of benzene rings is 2. The maximum Gasteiger partial charge on any atom is 0.336 e. The van der Waals surface area contributed by atoms with Crippen molar-refractivity contribution < 1.29 is 38.2 Å². The molecular formula is C28H40N2O8Si2. The van der Waals surface area contributed by atoms with Crippen LogP contribution in [0.4, 0.5) is 0 Å². The van der Waals surface area contributed by atoms with E-state index in [-0.39, 0.29) is 33.8 Å². The van der Waals surface area contributed by atoms with Gasteiger partial charge < -0.3 is 29.7 Å². The van der Waals surface area contributed by atoms with E-state index in [2.05, 4.69) is 36.8 Å². The second-order valence-electron chi connectivity index (χ2n) is 10.9. The fourth-order valence-corrected chi connectivity index (χ4v) is 13.4. The molecule has 1 amide bonds. The number of rotatable bonds is 16. The molecule has 0 aliphatic heterocycles. The number of carboxylic acids is 2. The van der Waals surface area contributed by atoms with Gasteiger partial charge in [-0.05, 0) is 108 Å². The first-order valence-corrected chi connectivity index (χ1v) is 19.5. The largest absolute Gasteiger partial charge is 0.478 e. The minimum Gasteiger partial charge on any atom is -0.478 e. The maximum absolute atomic E-state index is 13.0. The lowest BCUT2D eigenvalue weighted by atomic mass is 10.0. The second-order valence-corrected chi connectivity index (χ2v) is 19.7. The Kier molecular flexibility index (Phi) is 11.8. The van der Waals surface area contributed by atoms with E-state index in [1.807, 2.05) is 7.05 Å². The molecule has 10 nitrogen and oxygen atoms in total. The van der Waals surface area contributed by atoms with Gasteiger partial charge in [0.2, 0.25) is 0 Å². The zero-order chi connectivity index (χ0) is 30.1. The van der Waals surface area contributed by atoms with Crippen LogP contribution in [0.5, 0.6) is 11.5 Å². The van der Waals surface area contributed by atoms with Crippen LogP contribution < -0.4 is 15.4 Å². The van der Waals surface area contributed by atoms with Gasteiger partial charge in [0.15, 0.2) is 22.4 Å². The molecule has 0 saturated heterocycles. The van der Waals surface area contributed by atoms with Crippen molar-refractivity contribution in [3.05, 3.63) is 58.7 Å². The van der Waals surface area contributed by atoms with Crippen LogP contribution in [0.2, 0.25) is 38.3 Å². The lowest BCUT2D eigenvalue weighted by Gasteiger charge is -2.34. The summed E-state index contributed by atoms with van der Waals surface area (Å²) in [4.78, 5) is 48.1. The molecule has 2 aromatic rings. The molecule has 0 spiro atoms. The number of ketones is 1. The molecule has 0 atom stereocenters. The fourth-order valence-electron chi connectivity index (χ4n) is 4.51. The number of carboxylic acid groups (broad SMARTS) is 2. The van der Waals surface area contributed by atoms with Gasteiger partial charge in [-0.3, -0.25) is 9.59 Å². The number of aromatic carboxylic acids is 2. The van der Waals surface area contributed by atoms with Gasteiger partial charge in [0.1, 0.15) is 11.5 Å². The van der Waals surface area contributed by atoms with Gasteiger partial charge in [-0.15, -0.1) is 0 Å². The van der Waals surface area contributed by atoms with Crippen molar-refractivity contribution in [3.8, 4) is 11.5 Å². The Morgan fingerprint density at radius 3 is 1.70 bits per heavy atom. The third kappa shape index (κ3) is 10.0. The summed E-state index contributed by atoms with van der Waals surface area (Å²) >= 11 is 0. The van der Waals surface area contributed by atoms with Crippen molar-refractivity contribution in [2.24, 2.45) is 0 Å². The SMILES string of the molecule is CNCCC[Si](C)(C)O[Si](C)(C)CCCNC(=O)c1cc(Oc2ccc(C(=O)O)c(C(C)=O)c2)ccc1C(=O)O. The van der Waals surface area contributed by atoms with Gasteiger partial charge in [0, 0.05) is 12.1 Å². The summed E-state index contributed by atoms with van der Waals surface area (Å²) in [5.41, 5.74) is -0.422. The molecule has 0 aliphatic rings. The van der Waals surface area contributed by atoms with Crippen molar-refractivity contribution in [2.45, 2.75) is 58.0 Å². The van der Waals surface area contributed by atoms with Crippen LogP contribution in [-0.4, -0.2) is 70.6 Å². The Morgan fingerprint density at radius 2 is 1.23 bits per heavy atom. The van der Waals surface area contributed by atoms with E-state index < -0.39 is 40.3 Å². The van der Waals surface area contributed by atoms with Crippen LogP contribution in [0, 0.1) is 0 Å². The summed E-state index contributed by atoms with van der Waals surface area (Å²) < 4.78 is 12.4. The molecule has 0 aliphatic carbocycles. The molecule has 0 heterocycles. The number of amides is 1. The highest BCUT2D eigenvalue weighted by Gasteiger charge is 2.32. The average Bonchev–Trinajstić information content (AvgIpc) is 2.85. The van der Waals surface area contributed by atoms with Crippen molar-refractivity contribution in [3.63, 3.8) is 0 Å². The topological polar surface area (TPSA) is 151 Å². The monoisotopic (exact) mass is 588 g/mol. The van der Waals surface area contributed by atoms with E-state index in [1.54, 1.807) is 0 Å². The molecule has 0 fully saturated rings. The molecule has 4 N–H and O–H groups in total. The fraction of sp³-hybridized carbons (Fsp3) is 0.429. The summed E-state index contributed by atoms with van der Waals surface area (Å²) in [5.74, 6) is -3.14. The van der Waals surface area contributed by atoms with E-state index in [0.717, 1.165) is 25.1 Å². The number of hydrogen-bond donors (Lipinski definition) is 4. The summed E-state index contributed by atoms with van der Waals surface area (Å²) in [6.45, 7) is 11.4. The number of carbonyl (C=O) groups excluding carboxylic acids is 2. The molecule has 0 unspecified atom stereocenters. The third-order valence-electron chi connectivity index (χ3n) is 6.30. The van der Waals surface area contributed by atoms with Gasteiger partial charge in [0.05, 0.1) is 16.7 Å². The molecule has 12 heteroatoms. The van der Waals surface area contributed by atoms with E-state index in [4.69, 9.17) is 8.85 Å². The first-order valence-electron chi connectivity index (χ1n) is 13.2. The van der Waals surface area contributed by atoms with Crippen LogP contribution >= 0.6 is 0 Å². The van der Waals surface area contributed by atoms with E-state index in [9.17, 15) is 29.4 Å². The molecule has 2 aromatic carbocycles. The highest BCUT2D eigenvalue weighted by molar-refractivity contribution is 6.84. The smallest absolute Gasteiger partial charge is 0.336 e. The van der Waals surface area contributed by atoms with Crippen LogP contribution in [0.3, 0.4) is 0 Å². The first kappa shape index (κ1) is 32.9. The molecule has 218 valence electrons. The summed E-state index contributed by atoms with van der Waals surface area (Å²) in [6, 6.07) is 9.87. The summed E-state index contributed by atoms with van der Waals surface area (Å²) in [6.07, 6.45) is 1.78. The molecular weight excluding hydrogens is 548 g/mol. The number of nitrogens with one attached hydrogen (secondary N) is 2. The zero-order valence-electron chi connectivity index (χ0n) is 24.1. The highest BCUT2D eigenvalue weighted by atomic mass is 28.4. The molecule has 40 heavy (non-hydrogen) atoms. The quantitative estimate of drug-likeness (QED) is 0.117. The second kappa shape index (κ2) is 14.3. The van der Waals surface area contributed by atoms with Gasteiger partial charge in [-0.2, -0.15) is 0 Å². The lowest BCUT2D eigenvalue weighted by molar-refractivity contribution is 0.0683. The predicted molar refractivity (Wildman–Crippen MR) is 158 cm³/mol. The van der Waals surface area contributed by atoms with Crippen molar-refractivity contribution in [2.75, 3.05) is 20.1 Å². The molecule has 0 saturated carbocycles. The molecule has 2 rings (SSSR count). The van der Waals surface area contributed by atoms with Crippen molar-refractivity contribution >= 4 is 40.3 Å². The Bertz CT molecular complexity index is 1250. The van der Waals surface area contributed by atoms with Gasteiger partial charge in [0.25, 0.3) is 5.91 Å². The molecule has 0 aromatic heterocycles. The van der Waals surface area contributed by atoms with Crippen molar-refractivity contribution in [1.29, 1.82) is 0 Å². The summed E-state index contributed by atoms with van der Waals surface area (Å²) in [5, 5.41) is 24.9. The number of ether oxygens (including phenoxy) is 1. The first-order chi connectivity index (χ1) is 18.7. The average molecular weight is 589 g/mol. The zero-order valence-corrected chi connectivity index (χ0v) is 26.1. The Hall–Kier alpha value is -3.33. The minimum atomic E-state index is -1.94. The van der Waals surface area contributed by atoms with Gasteiger partial charge in [-0.1, -0.05) is 0 Å². The van der Waals surface area contributed by atoms with E-state index in [1.165, 1.54) is 43.3 Å².